The van der Waals surface area contributed by atoms with E-state index in [1.54, 1.807) is 0 Å². The number of halogens is 1. The number of benzene rings is 1. The van der Waals surface area contributed by atoms with Gasteiger partial charge in [-0.3, -0.25) is 0 Å². The highest BCUT2D eigenvalue weighted by molar-refractivity contribution is 7.89. The second-order valence-electron chi connectivity index (χ2n) is 6.17. The second kappa shape index (κ2) is 5.25. The summed E-state index contributed by atoms with van der Waals surface area (Å²) < 4.78 is 41.5. The average Bonchev–Trinajstić information content (AvgIpc) is 2.87. The van der Waals surface area contributed by atoms with Crippen LogP contribution in [0.15, 0.2) is 17.0 Å². The Morgan fingerprint density at radius 3 is 2.71 bits per heavy atom. The van der Waals surface area contributed by atoms with Crippen LogP contribution in [0.1, 0.15) is 37.7 Å². The third-order valence-electron chi connectivity index (χ3n) is 4.79. The molecule has 2 aliphatic rings. The molecule has 2 fully saturated rings. The molecule has 1 aromatic carbocycles. The van der Waals surface area contributed by atoms with Gasteiger partial charge >= 0.3 is 0 Å². The van der Waals surface area contributed by atoms with E-state index < -0.39 is 15.8 Å². The highest BCUT2D eigenvalue weighted by atomic mass is 32.2. The number of aryl methyl sites for hydroxylation is 1. The van der Waals surface area contributed by atoms with Gasteiger partial charge in [-0.2, -0.15) is 4.31 Å². The van der Waals surface area contributed by atoms with Crippen LogP contribution in [0, 0.1) is 18.7 Å². The molecule has 2 unspecified atom stereocenters. The fourth-order valence-electron chi connectivity index (χ4n) is 3.74. The average molecular weight is 312 g/mol. The molecule has 0 radical (unpaired) electrons. The summed E-state index contributed by atoms with van der Waals surface area (Å²) in [6.07, 6.45) is 5.06. The molecule has 1 saturated carbocycles. The van der Waals surface area contributed by atoms with Crippen molar-refractivity contribution >= 4 is 15.7 Å². The molecule has 1 aromatic rings. The van der Waals surface area contributed by atoms with Crippen molar-refractivity contribution in [2.24, 2.45) is 5.92 Å². The van der Waals surface area contributed by atoms with Crippen LogP contribution in [0.5, 0.6) is 0 Å². The first-order valence-corrected chi connectivity index (χ1v) is 8.92. The Kier molecular flexibility index (Phi) is 3.69. The molecule has 3 rings (SSSR count). The molecule has 0 bridgehead atoms. The third kappa shape index (κ3) is 2.44. The number of hydrogen-bond acceptors (Lipinski definition) is 3. The first kappa shape index (κ1) is 14.8. The Bertz CT molecular complexity index is 660. The van der Waals surface area contributed by atoms with Crippen molar-refractivity contribution in [3.63, 3.8) is 0 Å². The number of fused-ring (bicyclic) bond motifs is 1. The molecule has 4 nitrogen and oxygen atoms in total. The maximum Gasteiger partial charge on any atom is 0.246 e. The second-order valence-corrected chi connectivity index (χ2v) is 8.03. The van der Waals surface area contributed by atoms with E-state index in [0.29, 0.717) is 12.5 Å². The lowest BCUT2D eigenvalue weighted by Gasteiger charge is -2.31. The molecule has 0 spiro atoms. The van der Waals surface area contributed by atoms with Gasteiger partial charge in [0, 0.05) is 18.3 Å². The Morgan fingerprint density at radius 1 is 1.24 bits per heavy atom. The van der Waals surface area contributed by atoms with Crippen molar-refractivity contribution < 1.29 is 12.8 Å². The quantitative estimate of drug-likeness (QED) is 0.854. The lowest BCUT2D eigenvalue weighted by atomic mass is 9.86. The van der Waals surface area contributed by atoms with Crippen LogP contribution in [-0.4, -0.2) is 25.3 Å². The van der Waals surface area contributed by atoms with E-state index in [9.17, 15) is 12.8 Å². The predicted octanol–water partition coefficient (Wildman–Crippen LogP) is 2.67. The van der Waals surface area contributed by atoms with Crippen LogP contribution in [0.4, 0.5) is 10.1 Å². The van der Waals surface area contributed by atoms with Crippen molar-refractivity contribution in [1.82, 2.24) is 4.31 Å². The maximum atomic E-state index is 14.3. The lowest BCUT2D eigenvalue weighted by molar-refractivity contribution is 0.260. The molecule has 0 amide bonds. The number of nitrogen functional groups attached to an aromatic ring is 1. The number of rotatable bonds is 2. The van der Waals surface area contributed by atoms with E-state index in [4.69, 9.17) is 5.73 Å². The summed E-state index contributed by atoms with van der Waals surface area (Å²) >= 11 is 0. The monoisotopic (exact) mass is 312 g/mol. The largest absolute Gasteiger partial charge is 0.399 e. The van der Waals surface area contributed by atoms with Crippen LogP contribution < -0.4 is 5.73 Å². The maximum absolute atomic E-state index is 14.3. The smallest absolute Gasteiger partial charge is 0.246 e. The summed E-state index contributed by atoms with van der Waals surface area (Å²) in [7, 11) is -3.81. The number of nitrogens with two attached hydrogens (primary N) is 1. The van der Waals surface area contributed by atoms with Crippen LogP contribution in [-0.2, 0) is 10.0 Å². The first-order valence-electron chi connectivity index (χ1n) is 7.48. The first-order chi connectivity index (χ1) is 9.91. The van der Waals surface area contributed by atoms with Crippen LogP contribution in [0.25, 0.3) is 0 Å². The van der Waals surface area contributed by atoms with Gasteiger partial charge in [-0.05, 0) is 49.8 Å². The SMILES string of the molecule is Cc1cc(N)cc(S(=O)(=O)N2CCC3CCCCC32)c1F. The highest BCUT2D eigenvalue weighted by Gasteiger charge is 2.43. The summed E-state index contributed by atoms with van der Waals surface area (Å²) in [5, 5.41) is 0. The Hall–Kier alpha value is -1.14. The zero-order valence-corrected chi connectivity index (χ0v) is 13.0. The van der Waals surface area contributed by atoms with Crippen molar-refractivity contribution in [2.45, 2.75) is 50.0 Å². The highest BCUT2D eigenvalue weighted by Crippen LogP contribution is 2.39. The summed E-state index contributed by atoms with van der Waals surface area (Å²) in [6.45, 7) is 2.03. The van der Waals surface area contributed by atoms with E-state index in [2.05, 4.69) is 0 Å². The van der Waals surface area contributed by atoms with Gasteiger partial charge in [0.15, 0.2) is 0 Å². The standard InChI is InChI=1S/C15H21FN2O2S/c1-10-8-12(17)9-14(15(10)16)21(19,20)18-7-6-11-4-2-3-5-13(11)18/h8-9,11,13H,2-7,17H2,1H3. The van der Waals surface area contributed by atoms with E-state index in [1.807, 2.05) is 0 Å². The van der Waals surface area contributed by atoms with Gasteiger partial charge in [0.1, 0.15) is 10.7 Å². The predicted molar refractivity (Wildman–Crippen MR) is 79.8 cm³/mol. The third-order valence-corrected chi connectivity index (χ3v) is 6.71. The zero-order chi connectivity index (χ0) is 15.2. The Morgan fingerprint density at radius 2 is 1.95 bits per heavy atom. The molecule has 2 N–H and O–H groups in total. The minimum Gasteiger partial charge on any atom is -0.399 e. The molecule has 1 saturated heterocycles. The molecular weight excluding hydrogens is 291 g/mol. The van der Waals surface area contributed by atoms with E-state index in [-0.39, 0.29) is 22.2 Å². The molecule has 0 aromatic heterocycles. The van der Waals surface area contributed by atoms with Crippen molar-refractivity contribution in [1.29, 1.82) is 0 Å². The molecule has 2 atom stereocenters. The summed E-state index contributed by atoms with van der Waals surface area (Å²) in [6, 6.07) is 2.74. The van der Waals surface area contributed by atoms with Gasteiger partial charge in [0.2, 0.25) is 10.0 Å². The van der Waals surface area contributed by atoms with Crippen LogP contribution >= 0.6 is 0 Å². The van der Waals surface area contributed by atoms with Crippen molar-refractivity contribution in [3.8, 4) is 0 Å². The van der Waals surface area contributed by atoms with Gasteiger partial charge in [-0.15, -0.1) is 0 Å². The zero-order valence-electron chi connectivity index (χ0n) is 12.2. The van der Waals surface area contributed by atoms with Gasteiger partial charge in [-0.25, -0.2) is 12.8 Å². The molecule has 1 aliphatic carbocycles. The van der Waals surface area contributed by atoms with E-state index >= 15 is 0 Å². The van der Waals surface area contributed by atoms with Crippen LogP contribution in [0.2, 0.25) is 0 Å². The van der Waals surface area contributed by atoms with Crippen LogP contribution in [0.3, 0.4) is 0 Å². The number of nitrogens with zero attached hydrogens (tertiary/aromatic N) is 1. The number of sulfonamides is 1. The molecule has 1 heterocycles. The topological polar surface area (TPSA) is 63.4 Å². The van der Waals surface area contributed by atoms with E-state index in [1.165, 1.54) is 29.8 Å². The van der Waals surface area contributed by atoms with Gasteiger partial charge in [-0.1, -0.05) is 12.8 Å². The molecule has 21 heavy (non-hydrogen) atoms. The van der Waals surface area contributed by atoms with Crippen molar-refractivity contribution in [2.75, 3.05) is 12.3 Å². The van der Waals surface area contributed by atoms with Crippen molar-refractivity contribution in [3.05, 3.63) is 23.5 Å². The minimum atomic E-state index is -3.81. The normalized spacial score (nSPS) is 26.8. The van der Waals surface area contributed by atoms with Gasteiger partial charge < -0.3 is 5.73 Å². The minimum absolute atomic E-state index is 0.0323. The fourth-order valence-corrected chi connectivity index (χ4v) is 5.64. The van der Waals surface area contributed by atoms with Gasteiger partial charge in [0.05, 0.1) is 0 Å². The Labute approximate surface area is 125 Å². The fraction of sp³-hybridized carbons (Fsp3) is 0.600. The molecular formula is C15H21FN2O2S. The van der Waals surface area contributed by atoms with Gasteiger partial charge in [0.25, 0.3) is 0 Å². The molecule has 6 heteroatoms. The number of anilines is 1. The van der Waals surface area contributed by atoms with E-state index in [0.717, 1.165) is 25.7 Å². The lowest BCUT2D eigenvalue weighted by Crippen LogP contribution is -2.39. The molecule has 1 aliphatic heterocycles. The molecule has 116 valence electrons. The Balaban J connectivity index is 2.01. The summed E-state index contributed by atoms with van der Waals surface area (Å²) in [4.78, 5) is -0.272. The summed E-state index contributed by atoms with van der Waals surface area (Å²) in [5.41, 5.74) is 6.26. The summed E-state index contributed by atoms with van der Waals surface area (Å²) in [5.74, 6) is -0.248. The number of hydrogen-bond donors (Lipinski definition) is 1.